The van der Waals surface area contributed by atoms with Gasteiger partial charge in [-0.3, -0.25) is 0 Å². The summed E-state index contributed by atoms with van der Waals surface area (Å²) < 4.78 is 0. The molecule has 0 N–H and O–H groups in total. The number of hydrogen-bond acceptors (Lipinski definition) is 2. The predicted octanol–water partition coefficient (Wildman–Crippen LogP) is 19.5. The Morgan fingerprint density at radius 1 is 0.264 bits per heavy atom. The number of benzene rings is 12. The predicted molar refractivity (Wildman–Crippen MR) is 306 cm³/mol. The molecule has 0 aliphatic carbocycles. The standard InChI is InChI=1S/C70H52N2/c1-69(2)59-37-15-17-39-61(59)71(47-25-7-5-8-26-47)63-41-21-35-55(67(63)69)51-31-19-33-53-57(51)44-58-52(32-20-34-54(58)66(53)65-49-29-13-11-23-45(49)43-46-24-12-14-30-50(46)65)56-36-22-42-64-68(56)70(3,4)60-38-16-18-40-62(60)72(64)48-27-9-6-10-28-48/h5-44H,1-4H3. The third kappa shape index (κ3) is 6.09. The second-order valence-corrected chi connectivity index (χ2v) is 20.8. The van der Waals surface area contributed by atoms with Gasteiger partial charge in [0.05, 0.1) is 22.7 Å². The second-order valence-electron chi connectivity index (χ2n) is 20.8. The highest BCUT2D eigenvalue weighted by molar-refractivity contribution is 6.26. The summed E-state index contributed by atoms with van der Waals surface area (Å²) in [7, 11) is 0. The Morgan fingerprint density at radius 2 is 0.611 bits per heavy atom. The minimum atomic E-state index is -0.317. The van der Waals surface area contributed by atoms with Gasteiger partial charge < -0.3 is 9.80 Å². The van der Waals surface area contributed by atoms with Crippen molar-refractivity contribution < 1.29 is 0 Å². The van der Waals surface area contributed by atoms with Crippen LogP contribution in [0.5, 0.6) is 0 Å². The van der Waals surface area contributed by atoms with E-state index in [1.807, 2.05) is 0 Å². The molecule has 342 valence electrons. The number of fused-ring (bicyclic) bond motifs is 8. The fraction of sp³-hybridized carbons (Fsp3) is 0.0857. The van der Waals surface area contributed by atoms with Gasteiger partial charge in [-0.15, -0.1) is 0 Å². The summed E-state index contributed by atoms with van der Waals surface area (Å²) >= 11 is 0. The van der Waals surface area contributed by atoms with E-state index >= 15 is 0 Å². The molecule has 0 fully saturated rings. The van der Waals surface area contributed by atoms with Crippen LogP contribution in [0.3, 0.4) is 0 Å². The average molecular weight is 921 g/mol. The lowest BCUT2D eigenvalue weighted by Gasteiger charge is -2.43. The fourth-order valence-corrected chi connectivity index (χ4v) is 13.0. The molecule has 0 unspecified atom stereocenters. The van der Waals surface area contributed by atoms with Crippen LogP contribution in [0.1, 0.15) is 49.9 Å². The maximum absolute atomic E-state index is 2.54. The summed E-state index contributed by atoms with van der Waals surface area (Å²) in [6, 6.07) is 90.7. The molecule has 0 atom stereocenters. The summed E-state index contributed by atoms with van der Waals surface area (Å²) in [4.78, 5) is 4.95. The zero-order chi connectivity index (χ0) is 48.3. The molecular formula is C70H52N2. The largest absolute Gasteiger partial charge is 0.310 e. The molecule has 0 bridgehead atoms. The first kappa shape index (κ1) is 42.2. The summed E-state index contributed by atoms with van der Waals surface area (Å²) in [5.41, 5.74) is 19.3. The van der Waals surface area contributed by atoms with Crippen LogP contribution in [0.15, 0.2) is 243 Å². The molecule has 2 aliphatic heterocycles. The van der Waals surface area contributed by atoms with Crippen molar-refractivity contribution in [2.75, 3.05) is 9.80 Å². The van der Waals surface area contributed by atoms with Gasteiger partial charge in [0.15, 0.2) is 0 Å². The molecule has 12 aromatic rings. The van der Waals surface area contributed by atoms with E-state index in [2.05, 4.69) is 280 Å². The van der Waals surface area contributed by atoms with Crippen LogP contribution in [-0.2, 0) is 10.8 Å². The topological polar surface area (TPSA) is 6.48 Å². The first-order valence-corrected chi connectivity index (χ1v) is 25.4. The van der Waals surface area contributed by atoms with E-state index in [0.29, 0.717) is 0 Å². The molecule has 72 heavy (non-hydrogen) atoms. The van der Waals surface area contributed by atoms with Crippen LogP contribution < -0.4 is 9.80 Å². The molecule has 14 rings (SSSR count). The van der Waals surface area contributed by atoms with E-state index in [9.17, 15) is 0 Å². The van der Waals surface area contributed by atoms with Crippen molar-refractivity contribution in [1.82, 2.24) is 0 Å². The number of rotatable bonds is 5. The zero-order valence-corrected chi connectivity index (χ0v) is 41.0. The van der Waals surface area contributed by atoms with Crippen molar-refractivity contribution in [3.63, 3.8) is 0 Å². The Bertz CT molecular complexity index is 3900. The molecule has 0 amide bonds. The summed E-state index contributed by atoms with van der Waals surface area (Å²) in [6.45, 7) is 9.67. The quantitative estimate of drug-likeness (QED) is 0.159. The zero-order valence-electron chi connectivity index (χ0n) is 41.0. The van der Waals surface area contributed by atoms with Crippen LogP contribution in [0, 0.1) is 0 Å². The Kier molecular flexibility index (Phi) is 9.32. The maximum Gasteiger partial charge on any atom is 0.0508 e. The van der Waals surface area contributed by atoms with E-state index in [-0.39, 0.29) is 10.8 Å². The average Bonchev–Trinajstić information content (AvgIpc) is 3.42. The maximum atomic E-state index is 2.54. The minimum Gasteiger partial charge on any atom is -0.310 e. The van der Waals surface area contributed by atoms with Crippen molar-refractivity contribution in [1.29, 1.82) is 0 Å². The number of hydrogen-bond donors (Lipinski definition) is 0. The van der Waals surface area contributed by atoms with Gasteiger partial charge in [-0.1, -0.05) is 210 Å². The molecule has 2 nitrogen and oxygen atoms in total. The Labute approximate surface area is 421 Å². The summed E-state index contributed by atoms with van der Waals surface area (Å²) in [6.07, 6.45) is 0. The van der Waals surface area contributed by atoms with Crippen LogP contribution >= 0.6 is 0 Å². The van der Waals surface area contributed by atoms with E-state index in [0.717, 1.165) is 11.4 Å². The van der Waals surface area contributed by atoms with Crippen molar-refractivity contribution in [2.24, 2.45) is 0 Å². The lowest BCUT2D eigenvalue weighted by molar-refractivity contribution is 0.633. The van der Waals surface area contributed by atoms with Crippen LogP contribution in [0.4, 0.5) is 34.1 Å². The van der Waals surface area contributed by atoms with Crippen molar-refractivity contribution >= 4 is 77.2 Å². The van der Waals surface area contributed by atoms with Gasteiger partial charge >= 0.3 is 0 Å². The molecule has 2 heteroatoms. The van der Waals surface area contributed by atoms with E-state index in [1.54, 1.807) is 0 Å². The highest BCUT2D eigenvalue weighted by Crippen LogP contribution is 2.58. The number of nitrogens with zero attached hydrogens (tertiary/aromatic N) is 2. The van der Waals surface area contributed by atoms with Crippen molar-refractivity contribution in [3.8, 4) is 33.4 Å². The second kappa shape index (κ2) is 15.9. The normalized spacial score (nSPS) is 14.3. The SMILES string of the molecule is CC1(C)c2ccccc2N(c2ccccc2)c2cccc(-c3cccc4c(-c5c6ccccc6cc6ccccc56)c5cccc(-c6cccc7c6C(C)(C)c6ccccc6N7c6ccccc6)c5cc34)c21. The monoisotopic (exact) mass is 920 g/mol. The summed E-state index contributed by atoms with van der Waals surface area (Å²) in [5.74, 6) is 0. The minimum absolute atomic E-state index is 0.317. The van der Waals surface area contributed by atoms with Gasteiger partial charge in [-0.2, -0.15) is 0 Å². The van der Waals surface area contributed by atoms with Crippen LogP contribution in [0.25, 0.3) is 76.5 Å². The van der Waals surface area contributed by atoms with E-state index in [1.165, 1.54) is 121 Å². The highest BCUT2D eigenvalue weighted by Gasteiger charge is 2.41. The molecule has 0 saturated heterocycles. The van der Waals surface area contributed by atoms with Gasteiger partial charge in [0.2, 0.25) is 0 Å². The number of anilines is 6. The lowest BCUT2D eigenvalue weighted by atomic mass is 9.70. The molecule has 2 aliphatic rings. The van der Waals surface area contributed by atoms with Crippen molar-refractivity contribution in [3.05, 3.63) is 265 Å². The molecule has 12 aromatic carbocycles. The first-order chi connectivity index (χ1) is 35.3. The van der Waals surface area contributed by atoms with Crippen molar-refractivity contribution in [2.45, 2.75) is 38.5 Å². The smallest absolute Gasteiger partial charge is 0.0508 e. The molecule has 0 aromatic heterocycles. The Hall–Kier alpha value is -8.72. The highest BCUT2D eigenvalue weighted by atomic mass is 15.2. The molecule has 2 heterocycles. The van der Waals surface area contributed by atoms with Gasteiger partial charge in [-0.25, -0.2) is 0 Å². The van der Waals surface area contributed by atoms with Gasteiger partial charge in [-0.05, 0) is 159 Å². The third-order valence-corrected chi connectivity index (χ3v) is 16.1. The molecular weight excluding hydrogens is 869 g/mol. The Balaban J connectivity index is 1.12. The number of para-hydroxylation sites is 4. The lowest BCUT2D eigenvalue weighted by Crippen LogP contribution is -2.31. The Morgan fingerprint density at radius 3 is 1.08 bits per heavy atom. The van der Waals surface area contributed by atoms with E-state index < -0.39 is 0 Å². The van der Waals surface area contributed by atoms with Gasteiger partial charge in [0.25, 0.3) is 0 Å². The van der Waals surface area contributed by atoms with Crippen LogP contribution in [-0.4, -0.2) is 0 Å². The third-order valence-electron chi connectivity index (χ3n) is 16.1. The first-order valence-electron chi connectivity index (χ1n) is 25.4. The molecule has 0 spiro atoms. The molecule has 0 radical (unpaired) electrons. The summed E-state index contributed by atoms with van der Waals surface area (Å²) in [5, 5.41) is 9.93. The van der Waals surface area contributed by atoms with Gasteiger partial charge in [0, 0.05) is 22.2 Å². The van der Waals surface area contributed by atoms with E-state index in [4.69, 9.17) is 0 Å². The molecule has 0 saturated carbocycles. The van der Waals surface area contributed by atoms with Gasteiger partial charge in [0.1, 0.15) is 0 Å². The van der Waals surface area contributed by atoms with Crippen LogP contribution in [0.2, 0.25) is 0 Å². The fourth-order valence-electron chi connectivity index (χ4n) is 13.0.